The van der Waals surface area contributed by atoms with Crippen LogP contribution in [0.15, 0.2) is 115 Å². The second kappa shape index (κ2) is 17.6. The zero-order valence-electron chi connectivity index (χ0n) is 28.7. The van der Waals surface area contributed by atoms with Gasteiger partial charge in [0.15, 0.2) is 0 Å². The van der Waals surface area contributed by atoms with Gasteiger partial charge in [0.1, 0.15) is 12.1 Å². The van der Waals surface area contributed by atoms with Crippen molar-refractivity contribution in [3.8, 4) is 11.1 Å². The number of thiophene rings is 1. The summed E-state index contributed by atoms with van der Waals surface area (Å²) >= 11 is 1.56. The molecule has 2 atom stereocenters. The Balaban J connectivity index is 1.57. The van der Waals surface area contributed by atoms with E-state index in [1.807, 2.05) is 103 Å². The van der Waals surface area contributed by atoms with Gasteiger partial charge >= 0.3 is 0 Å². The van der Waals surface area contributed by atoms with E-state index in [2.05, 4.69) is 36.6 Å². The molecule has 4 rings (SSSR count). The van der Waals surface area contributed by atoms with Crippen LogP contribution in [0.2, 0.25) is 0 Å². The number of amides is 3. The van der Waals surface area contributed by atoms with E-state index in [4.69, 9.17) is 0 Å². The van der Waals surface area contributed by atoms with E-state index in [-0.39, 0.29) is 23.3 Å². The maximum Gasteiger partial charge on any atom is 0.246 e. The summed E-state index contributed by atoms with van der Waals surface area (Å²) in [7, 11) is 5.23. The number of benzene rings is 3. The Morgan fingerprint density at radius 2 is 1.42 bits per heavy atom. The molecule has 1 heterocycles. The quantitative estimate of drug-likeness (QED) is 0.141. The highest BCUT2D eigenvalue weighted by Gasteiger charge is 2.35. The molecule has 0 spiro atoms. The highest BCUT2D eigenvalue weighted by atomic mass is 32.1. The van der Waals surface area contributed by atoms with Gasteiger partial charge in [0.25, 0.3) is 0 Å². The van der Waals surface area contributed by atoms with E-state index in [9.17, 15) is 14.4 Å². The average Bonchev–Trinajstić information content (AvgIpc) is 3.63. The van der Waals surface area contributed by atoms with E-state index in [0.717, 1.165) is 27.1 Å². The molecule has 0 saturated heterocycles. The van der Waals surface area contributed by atoms with E-state index in [1.54, 1.807) is 25.4 Å². The van der Waals surface area contributed by atoms with Gasteiger partial charge in [-0.1, -0.05) is 97.1 Å². The van der Waals surface area contributed by atoms with Crippen LogP contribution in [0.1, 0.15) is 36.3 Å². The Bertz CT molecular complexity index is 1620. The van der Waals surface area contributed by atoms with Crippen molar-refractivity contribution < 1.29 is 14.4 Å². The second-order valence-corrected chi connectivity index (χ2v) is 13.8. The third-order valence-corrected chi connectivity index (χ3v) is 9.70. The van der Waals surface area contributed by atoms with Crippen molar-refractivity contribution >= 4 is 29.1 Å². The van der Waals surface area contributed by atoms with E-state index < -0.39 is 12.1 Å². The van der Waals surface area contributed by atoms with Crippen LogP contribution in [0.4, 0.5) is 0 Å². The van der Waals surface area contributed by atoms with Gasteiger partial charge in [0.05, 0.1) is 0 Å². The number of carbonyl (C=O) groups is 3. The van der Waals surface area contributed by atoms with Gasteiger partial charge in [0.2, 0.25) is 17.7 Å². The third kappa shape index (κ3) is 10.5. The molecular formula is C40H48N4O3S. The van der Waals surface area contributed by atoms with Gasteiger partial charge in [-0.05, 0) is 73.5 Å². The van der Waals surface area contributed by atoms with Gasteiger partial charge in [-0.25, -0.2) is 0 Å². The summed E-state index contributed by atoms with van der Waals surface area (Å²) in [5.74, 6) is -0.775. The van der Waals surface area contributed by atoms with Gasteiger partial charge in [-0.3, -0.25) is 14.4 Å². The lowest BCUT2D eigenvalue weighted by molar-refractivity contribution is -0.146. The number of rotatable bonds is 16. The third-order valence-electron chi connectivity index (χ3n) is 8.80. The fraction of sp³-hybridized carbons (Fsp3) is 0.325. The topological polar surface area (TPSA) is 81.8 Å². The fourth-order valence-electron chi connectivity index (χ4n) is 5.41. The number of nitrogens with zero attached hydrogens (tertiary/aromatic N) is 2. The molecule has 2 N–H and O–H groups in total. The fourth-order valence-corrected chi connectivity index (χ4v) is 6.15. The van der Waals surface area contributed by atoms with Gasteiger partial charge < -0.3 is 20.4 Å². The van der Waals surface area contributed by atoms with Crippen LogP contribution >= 0.6 is 11.3 Å². The first-order valence-electron chi connectivity index (χ1n) is 16.5. The smallest absolute Gasteiger partial charge is 0.246 e. The maximum absolute atomic E-state index is 14.5. The molecule has 7 nitrogen and oxygen atoms in total. The van der Waals surface area contributed by atoms with Crippen molar-refractivity contribution in [1.82, 2.24) is 20.4 Å². The Hall–Kier alpha value is -4.53. The first kappa shape index (κ1) is 36.3. The molecule has 0 aliphatic carbocycles. The summed E-state index contributed by atoms with van der Waals surface area (Å²) in [6.07, 6.45) is 5.40. The lowest BCUT2D eigenvalue weighted by atomic mass is 9.98. The normalized spacial score (nSPS) is 12.8. The predicted octanol–water partition coefficient (Wildman–Crippen LogP) is 6.16. The number of nitrogens with one attached hydrogen (secondary N) is 2. The van der Waals surface area contributed by atoms with Crippen molar-refractivity contribution in [2.75, 3.05) is 27.7 Å². The first-order chi connectivity index (χ1) is 23.1. The largest absolute Gasteiger partial charge is 0.354 e. The summed E-state index contributed by atoms with van der Waals surface area (Å²) in [4.78, 5) is 45.7. The molecule has 8 heteroatoms. The average molecular weight is 665 g/mol. The highest BCUT2D eigenvalue weighted by molar-refractivity contribution is 7.09. The molecule has 3 aromatic carbocycles. The highest BCUT2D eigenvalue weighted by Crippen LogP contribution is 2.22. The Kier molecular flexibility index (Phi) is 13.3. The van der Waals surface area contributed by atoms with Gasteiger partial charge in [-0.2, -0.15) is 0 Å². The maximum atomic E-state index is 14.5. The minimum Gasteiger partial charge on any atom is -0.354 e. The van der Waals surface area contributed by atoms with Crippen LogP contribution in [0.25, 0.3) is 11.1 Å². The van der Waals surface area contributed by atoms with Crippen molar-refractivity contribution in [2.24, 2.45) is 0 Å². The summed E-state index contributed by atoms with van der Waals surface area (Å²) in [6, 6.07) is 30.5. The van der Waals surface area contributed by atoms with Gasteiger partial charge in [0, 0.05) is 43.9 Å². The van der Waals surface area contributed by atoms with E-state index in [1.165, 1.54) is 15.9 Å². The summed E-state index contributed by atoms with van der Waals surface area (Å²) in [5, 5.41) is 8.27. The van der Waals surface area contributed by atoms with Crippen LogP contribution in [-0.4, -0.2) is 72.8 Å². The lowest BCUT2D eigenvalue weighted by Gasteiger charge is -2.34. The van der Waals surface area contributed by atoms with Crippen LogP contribution in [0.5, 0.6) is 0 Å². The van der Waals surface area contributed by atoms with Crippen LogP contribution < -0.4 is 10.6 Å². The standard InChI is InChI=1S/C40H48N4O3S/c1-40(2,41-3)25-12-19-37(45)43(4)36(28-31-20-22-33(23-21-31)32-16-10-7-11-17-32)39(47)44(5)35(29-34-18-13-27-48-34)38(46)42-26-24-30-14-8-6-9-15-30/h6-23,27,35-36,41H,24-26,28-29H2,1-5H3,(H,42,46)/b19-12+/t35-,36-/m1/s1. The van der Waals surface area contributed by atoms with E-state index >= 15 is 0 Å². The molecule has 0 saturated carbocycles. The minimum atomic E-state index is -0.824. The lowest BCUT2D eigenvalue weighted by Crippen LogP contribution is -2.56. The molecule has 48 heavy (non-hydrogen) atoms. The van der Waals surface area contributed by atoms with Crippen molar-refractivity contribution in [3.05, 3.63) is 131 Å². The molecule has 0 aliphatic rings. The predicted molar refractivity (Wildman–Crippen MR) is 197 cm³/mol. The molecule has 4 aromatic rings. The molecule has 0 radical (unpaired) electrons. The first-order valence-corrected chi connectivity index (χ1v) is 17.3. The van der Waals surface area contributed by atoms with E-state index in [0.29, 0.717) is 32.2 Å². The SMILES string of the molecule is CNC(C)(C)C/C=C/C(=O)N(C)[C@H](Cc1ccc(-c2ccccc2)cc1)C(=O)N(C)[C@H](Cc1cccs1)C(=O)NCCc1ccccc1. The number of hydrogen-bond acceptors (Lipinski definition) is 5. The molecule has 0 aliphatic heterocycles. The monoisotopic (exact) mass is 664 g/mol. The van der Waals surface area contributed by atoms with Crippen LogP contribution in [0, 0.1) is 0 Å². The minimum absolute atomic E-state index is 0.172. The molecule has 3 amide bonds. The summed E-state index contributed by atoms with van der Waals surface area (Å²) < 4.78 is 0. The molecule has 1 aromatic heterocycles. The van der Waals surface area contributed by atoms with Crippen LogP contribution in [0.3, 0.4) is 0 Å². The Morgan fingerprint density at radius 3 is 2.04 bits per heavy atom. The summed E-state index contributed by atoms with van der Waals surface area (Å²) in [5.41, 5.74) is 4.05. The number of carbonyl (C=O) groups excluding carboxylic acids is 3. The molecular weight excluding hydrogens is 617 g/mol. The second-order valence-electron chi connectivity index (χ2n) is 12.7. The van der Waals surface area contributed by atoms with Crippen LogP contribution in [-0.2, 0) is 33.6 Å². The molecule has 0 bridgehead atoms. The molecule has 0 fully saturated rings. The van der Waals surface area contributed by atoms with Crippen molar-refractivity contribution in [1.29, 1.82) is 0 Å². The molecule has 0 unspecified atom stereocenters. The van der Waals surface area contributed by atoms with Crippen molar-refractivity contribution in [2.45, 2.75) is 57.2 Å². The van der Waals surface area contributed by atoms with Gasteiger partial charge in [-0.15, -0.1) is 11.3 Å². The zero-order chi connectivity index (χ0) is 34.5. The Labute approximate surface area is 289 Å². The zero-order valence-corrected chi connectivity index (χ0v) is 29.5. The Morgan fingerprint density at radius 1 is 0.771 bits per heavy atom. The molecule has 252 valence electrons. The van der Waals surface area contributed by atoms with Crippen molar-refractivity contribution in [3.63, 3.8) is 0 Å². The number of hydrogen-bond donors (Lipinski definition) is 2. The number of likely N-dealkylation sites (N-methyl/N-ethyl adjacent to an activating group) is 2. The summed E-state index contributed by atoms with van der Waals surface area (Å²) in [6.45, 7) is 4.57.